The Bertz CT molecular complexity index is 341. The molecule has 0 saturated heterocycles. The fourth-order valence-electron chi connectivity index (χ4n) is 1.89. The van der Waals surface area contributed by atoms with E-state index in [9.17, 15) is 5.11 Å². The van der Waals surface area contributed by atoms with Gasteiger partial charge in [0.05, 0.1) is 12.7 Å². The number of aryl methyl sites for hydroxylation is 1. The summed E-state index contributed by atoms with van der Waals surface area (Å²) in [7, 11) is 0. The number of rotatable bonds is 10. The summed E-state index contributed by atoms with van der Waals surface area (Å²) in [6.45, 7) is 6.32. The van der Waals surface area contributed by atoms with E-state index in [0.717, 1.165) is 38.0 Å². The van der Waals surface area contributed by atoms with Crippen molar-refractivity contribution in [2.45, 2.75) is 51.6 Å². The monoisotopic (exact) mass is 262 g/mol. The second-order valence-corrected chi connectivity index (χ2v) is 5.02. The summed E-state index contributed by atoms with van der Waals surface area (Å²) in [4.78, 5) is 0. The number of aliphatic hydroxyl groups excluding tert-OH is 1. The van der Waals surface area contributed by atoms with Crippen LogP contribution in [0.15, 0.2) is 36.9 Å². The van der Waals surface area contributed by atoms with E-state index in [1.54, 1.807) is 0 Å². The molecule has 0 bridgehead atoms. The molecular formula is C17H26O2. The zero-order valence-corrected chi connectivity index (χ0v) is 12.0. The molecule has 0 aliphatic heterocycles. The summed E-state index contributed by atoms with van der Waals surface area (Å²) in [5, 5.41) is 9.24. The van der Waals surface area contributed by atoms with Crippen LogP contribution in [-0.4, -0.2) is 17.8 Å². The molecular weight excluding hydrogens is 236 g/mol. The van der Waals surface area contributed by atoms with E-state index in [4.69, 9.17) is 4.74 Å². The third-order valence-electron chi connectivity index (χ3n) is 3.10. The maximum absolute atomic E-state index is 9.24. The van der Waals surface area contributed by atoms with Gasteiger partial charge in [-0.15, -0.1) is 6.58 Å². The first kappa shape index (κ1) is 15.8. The van der Waals surface area contributed by atoms with Crippen molar-refractivity contribution in [2.75, 3.05) is 6.61 Å². The van der Waals surface area contributed by atoms with E-state index in [2.05, 4.69) is 18.7 Å². The van der Waals surface area contributed by atoms with Crippen LogP contribution in [0.25, 0.3) is 0 Å². The molecule has 1 unspecified atom stereocenters. The van der Waals surface area contributed by atoms with Gasteiger partial charge < -0.3 is 9.84 Å². The minimum absolute atomic E-state index is 0.230. The average molecular weight is 262 g/mol. The summed E-state index contributed by atoms with van der Waals surface area (Å²) >= 11 is 0. The van der Waals surface area contributed by atoms with Crippen LogP contribution in [0.5, 0.6) is 5.75 Å². The van der Waals surface area contributed by atoms with Gasteiger partial charge in [0.25, 0.3) is 0 Å². The molecule has 0 aliphatic carbocycles. The molecule has 1 atom stereocenters. The second kappa shape index (κ2) is 9.62. The van der Waals surface area contributed by atoms with Gasteiger partial charge in [-0.1, -0.05) is 18.2 Å². The predicted molar refractivity (Wildman–Crippen MR) is 80.6 cm³/mol. The lowest BCUT2D eigenvalue weighted by molar-refractivity contribution is 0.185. The number of unbranched alkanes of at least 4 members (excludes halogenated alkanes) is 3. The van der Waals surface area contributed by atoms with Crippen molar-refractivity contribution in [1.82, 2.24) is 0 Å². The highest BCUT2D eigenvalue weighted by atomic mass is 16.5. The molecule has 0 saturated carbocycles. The van der Waals surface area contributed by atoms with Gasteiger partial charge in [0.2, 0.25) is 0 Å². The summed E-state index contributed by atoms with van der Waals surface area (Å²) in [6, 6.07) is 8.19. The lowest BCUT2D eigenvalue weighted by atomic mass is 10.1. The van der Waals surface area contributed by atoms with Crippen LogP contribution >= 0.6 is 0 Å². The first-order chi connectivity index (χ1) is 9.22. The van der Waals surface area contributed by atoms with Crippen LogP contribution in [0.1, 0.15) is 44.6 Å². The van der Waals surface area contributed by atoms with Crippen molar-refractivity contribution < 1.29 is 9.84 Å². The SMILES string of the molecule is C=CCCCCCOc1ccc(CCC(C)O)cc1. The van der Waals surface area contributed by atoms with Crippen LogP contribution in [0.2, 0.25) is 0 Å². The number of benzene rings is 1. The Kier molecular flexibility index (Phi) is 7.99. The van der Waals surface area contributed by atoms with Crippen LogP contribution in [0.3, 0.4) is 0 Å². The molecule has 0 radical (unpaired) electrons. The molecule has 1 N–H and O–H groups in total. The third kappa shape index (κ3) is 7.68. The van der Waals surface area contributed by atoms with Crippen LogP contribution in [0.4, 0.5) is 0 Å². The average Bonchev–Trinajstić information content (AvgIpc) is 2.41. The third-order valence-corrected chi connectivity index (χ3v) is 3.10. The maximum Gasteiger partial charge on any atom is 0.119 e. The molecule has 106 valence electrons. The van der Waals surface area contributed by atoms with Gasteiger partial charge in [0.15, 0.2) is 0 Å². The molecule has 1 aromatic rings. The fraction of sp³-hybridized carbons (Fsp3) is 0.529. The largest absolute Gasteiger partial charge is 0.494 e. The number of ether oxygens (including phenoxy) is 1. The van der Waals surface area contributed by atoms with Crippen molar-refractivity contribution in [2.24, 2.45) is 0 Å². The lowest BCUT2D eigenvalue weighted by Gasteiger charge is -2.08. The van der Waals surface area contributed by atoms with Gasteiger partial charge in [0.1, 0.15) is 5.75 Å². The van der Waals surface area contributed by atoms with E-state index in [1.165, 1.54) is 18.4 Å². The molecule has 19 heavy (non-hydrogen) atoms. The highest BCUT2D eigenvalue weighted by Gasteiger charge is 1.99. The Morgan fingerprint density at radius 1 is 1.21 bits per heavy atom. The molecule has 2 heteroatoms. The highest BCUT2D eigenvalue weighted by molar-refractivity contribution is 5.27. The summed E-state index contributed by atoms with van der Waals surface area (Å²) in [6.07, 6.45) is 8.04. The van der Waals surface area contributed by atoms with Gasteiger partial charge in [0, 0.05) is 0 Å². The van der Waals surface area contributed by atoms with Gasteiger partial charge in [-0.25, -0.2) is 0 Å². The van der Waals surface area contributed by atoms with Crippen LogP contribution in [0, 0.1) is 0 Å². The summed E-state index contributed by atoms with van der Waals surface area (Å²) in [5.74, 6) is 0.935. The molecule has 2 nitrogen and oxygen atoms in total. The molecule has 0 spiro atoms. The molecule has 1 aromatic carbocycles. The highest BCUT2D eigenvalue weighted by Crippen LogP contribution is 2.14. The Hall–Kier alpha value is -1.28. The van der Waals surface area contributed by atoms with Crippen LogP contribution < -0.4 is 4.74 Å². The van der Waals surface area contributed by atoms with E-state index < -0.39 is 0 Å². The fourth-order valence-corrected chi connectivity index (χ4v) is 1.89. The molecule has 0 amide bonds. The Morgan fingerprint density at radius 2 is 1.95 bits per heavy atom. The molecule has 0 aliphatic rings. The summed E-state index contributed by atoms with van der Waals surface area (Å²) < 4.78 is 5.69. The Labute approximate surface area is 117 Å². The predicted octanol–water partition coefficient (Wildman–Crippen LogP) is 4.13. The van der Waals surface area contributed by atoms with E-state index in [1.807, 2.05) is 25.1 Å². The van der Waals surface area contributed by atoms with E-state index >= 15 is 0 Å². The zero-order chi connectivity index (χ0) is 13.9. The minimum Gasteiger partial charge on any atom is -0.494 e. The Morgan fingerprint density at radius 3 is 2.58 bits per heavy atom. The molecule has 0 aromatic heterocycles. The van der Waals surface area contributed by atoms with Crippen molar-refractivity contribution >= 4 is 0 Å². The maximum atomic E-state index is 9.24. The Balaban J connectivity index is 2.18. The van der Waals surface area contributed by atoms with Gasteiger partial charge >= 0.3 is 0 Å². The lowest BCUT2D eigenvalue weighted by Crippen LogP contribution is -2.01. The minimum atomic E-state index is -0.230. The number of hydrogen-bond acceptors (Lipinski definition) is 2. The second-order valence-electron chi connectivity index (χ2n) is 5.02. The van der Waals surface area contributed by atoms with Gasteiger partial charge in [-0.05, 0) is 63.1 Å². The first-order valence-electron chi connectivity index (χ1n) is 7.23. The normalized spacial score (nSPS) is 12.1. The van der Waals surface area contributed by atoms with Crippen molar-refractivity contribution in [3.63, 3.8) is 0 Å². The van der Waals surface area contributed by atoms with E-state index in [0.29, 0.717) is 0 Å². The standard InChI is InChI=1S/C17H26O2/c1-3-4-5-6-7-14-19-17-12-10-16(11-13-17)9-8-15(2)18/h3,10-13,15,18H,1,4-9,14H2,2H3. The summed E-state index contributed by atoms with van der Waals surface area (Å²) in [5.41, 5.74) is 1.25. The van der Waals surface area contributed by atoms with Crippen molar-refractivity contribution in [1.29, 1.82) is 0 Å². The molecule has 1 rings (SSSR count). The van der Waals surface area contributed by atoms with Gasteiger partial charge in [-0.2, -0.15) is 0 Å². The number of hydrogen-bond donors (Lipinski definition) is 1. The topological polar surface area (TPSA) is 29.5 Å². The smallest absolute Gasteiger partial charge is 0.119 e. The first-order valence-corrected chi connectivity index (χ1v) is 7.23. The zero-order valence-electron chi connectivity index (χ0n) is 12.0. The van der Waals surface area contributed by atoms with Gasteiger partial charge in [-0.3, -0.25) is 0 Å². The number of allylic oxidation sites excluding steroid dienone is 1. The quantitative estimate of drug-likeness (QED) is 0.507. The molecule has 0 fully saturated rings. The van der Waals surface area contributed by atoms with Crippen LogP contribution in [-0.2, 0) is 6.42 Å². The molecule has 0 heterocycles. The van der Waals surface area contributed by atoms with Crippen molar-refractivity contribution in [3.8, 4) is 5.75 Å². The van der Waals surface area contributed by atoms with E-state index in [-0.39, 0.29) is 6.10 Å². The van der Waals surface area contributed by atoms with Crippen molar-refractivity contribution in [3.05, 3.63) is 42.5 Å². The number of aliphatic hydroxyl groups is 1.